The van der Waals surface area contributed by atoms with Crippen molar-refractivity contribution in [3.63, 3.8) is 0 Å². The first-order valence-corrected chi connectivity index (χ1v) is 8.34. The van der Waals surface area contributed by atoms with Crippen molar-refractivity contribution < 1.29 is 9.15 Å². The molecule has 1 heterocycles. The molecule has 0 spiro atoms. The number of nitrogens with zero attached hydrogens (tertiary/aromatic N) is 2. The van der Waals surface area contributed by atoms with Gasteiger partial charge in [0.05, 0.1) is 18.2 Å². The minimum Gasteiger partial charge on any atom is -0.494 e. The van der Waals surface area contributed by atoms with Crippen LogP contribution in [0.25, 0.3) is 22.6 Å². The van der Waals surface area contributed by atoms with E-state index in [1.165, 1.54) is 19.3 Å². The van der Waals surface area contributed by atoms with Gasteiger partial charge in [-0.3, -0.25) is 0 Å². The minimum absolute atomic E-state index is 0.551. The maximum absolute atomic E-state index is 8.86. The molecular formula is C20H20N2O2. The van der Waals surface area contributed by atoms with Gasteiger partial charge in [-0.25, -0.2) is 4.98 Å². The molecule has 122 valence electrons. The van der Waals surface area contributed by atoms with Crippen LogP contribution in [0.2, 0.25) is 0 Å². The molecule has 0 radical (unpaired) electrons. The molecule has 0 bridgehead atoms. The van der Waals surface area contributed by atoms with Gasteiger partial charge in [0.25, 0.3) is 0 Å². The Morgan fingerprint density at radius 1 is 1.08 bits per heavy atom. The SMILES string of the molecule is CCCCCCOc1ccc2oc(-c3ccc(C#N)cc3)nc2c1. The smallest absolute Gasteiger partial charge is 0.227 e. The topological polar surface area (TPSA) is 59.0 Å². The van der Waals surface area contributed by atoms with Crippen molar-refractivity contribution in [3.8, 4) is 23.3 Å². The van der Waals surface area contributed by atoms with Crippen molar-refractivity contribution in [1.82, 2.24) is 4.98 Å². The van der Waals surface area contributed by atoms with E-state index in [2.05, 4.69) is 18.0 Å². The Balaban J connectivity index is 1.72. The summed E-state index contributed by atoms with van der Waals surface area (Å²) < 4.78 is 11.6. The molecule has 0 saturated carbocycles. The molecule has 3 rings (SSSR count). The van der Waals surface area contributed by atoms with Crippen molar-refractivity contribution >= 4 is 11.1 Å². The monoisotopic (exact) mass is 320 g/mol. The quantitative estimate of drug-likeness (QED) is 0.552. The lowest BCUT2D eigenvalue weighted by atomic mass is 10.1. The van der Waals surface area contributed by atoms with Crippen LogP contribution in [0.4, 0.5) is 0 Å². The summed E-state index contributed by atoms with van der Waals surface area (Å²) in [5.74, 6) is 1.37. The number of hydrogen-bond acceptors (Lipinski definition) is 4. The molecule has 4 heteroatoms. The third-order valence-corrected chi connectivity index (χ3v) is 3.89. The van der Waals surface area contributed by atoms with Gasteiger partial charge in [0, 0.05) is 11.6 Å². The van der Waals surface area contributed by atoms with Gasteiger partial charge in [-0.1, -0.05) is 26.2 Å². The Hall–Kier alpha value is -2.80. The Bertz CT molecular complexity index is 844. The van der Waals surface area contributed by atoms with Gasteiger partial charge in [0.15, 0.2) is 5.58 Å². The number of aromatic nitrogens is 1. The zero-order valence-corrected chi connectivity index (χ0v) is 13.8. The number of unbranched alkanes of at least 4 members (excludes halogenated alkanes) is 3. The molecule has 0 fully saturated rings. The molecule has 0 atom stereocenters. The summed E-state index contributed by atoms with van der Waals surface area (Å²) in [5, 5.41) is 8.86. The van der Waals surface area contributed by atoms with Crippen LogP contribution in [-0.4, -0.2) is 11.6 Å². The summed E-state index contributed by atoms with van der Waals surface area (Å²) in [4.78, 5) is 4.53. The van der Waals surface area contributed by atoms with E-state index in [9.17, 15) is 0 Å². The van der Waals surface area contributed by atoms with Gasteiger partial charge in [-0.15, -0.1) is 0 Å². The van der Waals surface area contributed by atoms with E-state index in [0.29, 0.717) is 11.5 Å². The number of nitriles is 1. The van der Waals surface area contributed by atoms with Crippen LogP contribution in [0.5, 0.6) is 5.75 Å². The van der Waals surface area contributed by atoms with E-state index >= 15 is 0 Å². The lowest BCUT2D eigenvalue weighted by Gasteiger charge is -2.05. The third kappa shape index (κ3) is 3.75. The summed E-state index contributed by atoms with van der Waals surface area (Å²) >= 11 is 0. The van der Waals surface area contributed by atoms with E-state index in [1.807, 2.05) is 30.3 Å². The second-order valence-corrected chi connectivity index (χ2v) is 5.75. The Labute approximate surface area is 141 Å². The summed E-state index contributed by atoms with van der Waals surface area (Å²) in [5.41, 5.74) is 2.98. The van der Waals surface area contributed by atoms with Crippen molar-refractivity contribution in [3.05, 3.63) is 48.0 Å². The van der Waals surface area contributed by atoms with Crippen LogP contribution >= 0.6 is 0 Å². The van der Waals surface area contributed by atoms with Crippen LogP contribution in [0, 0.1) is 11.3 Å². The standard InChI is InChI=1S/C20H20N2O2/c1-2-3-4-5-12-23-17-10-11-19-18(13-17)22-20(24-19)16-8-6-15(14-21)7-9-16/h6-11,13H,2-5,12H2,1H3. The summed E-state index contributed by atoms with van der Waals surface area (Å²) in [7, 11) is 0. The fourth-order valence-corrected chi connectivity index (χ4v) is 2.53. The van der Waals surface area contributed by atoms with E-state index in [0.717, 1.165) is 35.4 Å². The second kappa shape index (κ2) is 7.65. The maximum atomic E-state index is 8.86. The summed E-state index contributed by atoms with van der Waals surface area (Å²) in [6, 6.07) is 15.0. The van der Waals surface area contributed by atoms with Crippen LogP contribution in [0.3, 0.4) is 0 Å². The molecule has 2 aromatic carbocycles. The van der Waals surface area contributed by atoms with Crippen molar-refractivity contribution in [2.75, 3.05) is 6.61 Å². The second-order valence-electron chi connectivity index (χ2n) is 5.75. The van der Waals surface area contributed by atoms with E-state index in [-0.39, 0.29) is 0 Å². The largest absolute Gasteiger partial charge is 0.494 e. The molecule has 24 heavy (non-hydrogen) atoms. The number of fused-ring (bicyclic) bond motifs is 1. The number of benzene rings is 2. The first-order valence-electron chi connectivity index (χ1n) is 8.34. The van der Waals surface area contributed by atoms with Gasteiger partial charge in [-0.05, 0) is 42.8 Å². The third-order valence-electron chi connectivity index (χ3n) is 3.89. The molecule has 0 N–H and O–H groups in total. The maximum Gasteiger partial charge on any atom is 0.227 e. The van der Waals surface area contributed by atoms with Gasteiger partial charge < -0.3 is 9.15 Å². The highest BCUT2D eigenvalue weighted by molar-refractivity contribution is 5.77. The van der Waals surface area contributed by atoms with Crippen LogP contribution in [0.1, 0.15) is 38.2 Å². The lowest BCUT2D eigenvalue weighted by molar-refractivity contribution is 0.305. The lowest BCUT2D eigenvalue weighted by Crippen LogP contribution is -1.96. The van der Waals surface area contributed by atoms with Gasteiger partial charge in [-0.2, -0.15) is 5.26 Å². The highest BCUT2D eigenvalue weighted by Gasteiger charge is 2.09. The van der Waals surface area contributed by atoms with Crippen LogP contribution < -0.4 is 4.74 Å². The molecule has 0 unspecified atom stereocenters. The van der Waals surface area contributed by atoms with Gasteiger partial charge in [0.1, 0.15) is 11.3 Å². The normalized spacial score (nSPS) is 10.7. The fraction of sp³-hybridized carbons (Fsp3) is 0.300. The predicted molar refractivity (Wildman–Crippen MR) is 93.8 cm³/mol. The summed E-state index contributed by atoms with van der Waals surface area (Å²) in [6.07, 6.45) is 4.75. The average Bonchev–Trinajstić information content (AvgIpc) is 3.05. The first kappa shape index (κ1) is 16.1. The average molecular weight is 320 g/mol. The molecule has 0 saturated heterocycles. The first-order chi connectivity index (χ1) is 11.8. The van der Waals surface area contributed by atoms with Gasteiger partial charge >= 0.3 is 0 Å². The zero-order chi connectivity index (χ0) is 16.8. The molecule has 0 amide bonds. The number of ether oxygens (including phenoxy) is 1. The molecule has 4 nitrogen and oxygen atoms in total. The van der Waals surface area contributed by atoms with Crippen LogP contribution in [-0.2, 0) is 0 Å². The Morgan fingerprint density at radius 3 is 2.67 bits per heavy atom. The number of hydrogen-bond donors (Lipinski definition) is 0. The molecule has 0 aliphatic carbocycles. The zero-order valence-electron chi connectivity index (χ0n) is 13.8. The number of rotatable bonds is 7. The van der Waals surface area contributed by atoms with Crippen molar-refractivity contribution in [1.29, 1.82) is 5.26 Å². The molecule has 0 aliphatic rings. The van der Waals surface area contributed by atoms with Gasteiger partial charge in [0.2, 0.25) is 5.89 Å². The molecular weight excluding hydrogens is 300 g/mol. The van der Waals surface area contributed by atoms with E-state index in [1.54, 1.807) is 12.1 Å². The highest BCUT2D eigenvalue weighted by Crippen LogP contribution is 2.27. The molecule has 0 aliphatic heterocycles. The van der Waals surface area contributed by atoms with E-state index in [4.69, 9.17) is 14.4 Å². The minimum atomic E-state index is 0.551. The Kier molecular flexibility index (Phi) is 5.12. The number of oxazole rings is 1. The molecule has 3 aromatic rings. The van der Waals surface area contributed by atoms with E-state index < -0.39 is 0 Å². The van der Waals surface area contributed by atoms with Crippen molar-refractivity contribution in [2.45, 2.75) is 32.6 Å². The Morgan fingerprint density at radius 2 is 1.92 bits per heavy atom. The summed E-state index contributed by atoms with van der Waals surface area (Å²) in [6.45, 7) is 2.93. The van der Waals surface area contributed by atoms with Crippen LogP contribution in [0.15, 0.2) is 46.9 Å². The molecule has 1 aromatic heterocycles. The van der Waals surface area contributed by atoms with Crippen molar-refractivity contribution in [2.24, 2.45) is 0 Å². The highest BCUT2D eigenvalue weighted by atomic mass is 16.5. The fourth-order valence-electron chi connectivity index (χ4n) is 2.53. The predicted octanol–water partition coefficient (Wildman–Crippen LogP) is 5.33.